The molecule has 1 atom stereocenters. The average molecular weight is 470 g/mol. The number of benzene rings is 3. The van der Waals surface area contributed by atoms with E-state index in [1.165, 1.54) is 5.56 Å². The van der Waals surface area contributed by atoms with Gasteiger partial charge in [0.1, 0.15) is 6.04 Å². The number of hydrogen-bond donors (Lipinski definition) is 1. The van der Waals surface area contributed by atoms with Crippen LogP contribution in [0.5, 0.6) is 0 Å². The van der Waals surface area contributed by atoms with Gasteiger partial charge in [-0.2, -0.15) is 0 Å². The van der Waals surface area contributed by atoms with E-state index in [2.05, 4.69) is 42.5 Å². The molecule has 0 radical (unpaired) electrons. The second-order valence-electron chi connectivity index (χ2n) is 10.1. The molecule has 0 aromatic heterocycles. The van der Waals surface area contributed by atoms with Crippen molar-refractivity contribution in [1.29, 1.82) is 0 Å². The van der Waals surface area contributed by atoms with Crippen LogP contribution < -0.4 is 5.73 Å². The quantitative estimate of drug-likeness (QED) is 0.499. The zero-order chi connectivity index (χ0) is 24.8. The Hall–Kier alpha value is -3.44. The molecule has 4 rings (SSSR count). The van der Waals surface area contributed by atoms with Gasteiger partial charge >= 0.3 is 0 Å². The minimum atomic E-state index is -0.524. The minimum absolute atomic E-state index is 0.0150. The standard InChI is InChI=1S/C30H35N3O2/c1-30(2,31)17-8-13-28(34)33-20-19-32(18-16-23-9-4-3-5-10-23)29(35)27(33)22-24-14-15-25-11-6-7-12-26(25)21-24/h3-15,21,27H,16-20,22,31H2,1-2H3/t27-/m1/s1. The summed E-state index contributed by atoms with van der Waals surface area (Å²) in [5.41, 5.74) is 7.94. The summed E-state index contributed by atoms with van der Waals surface area (Å²) in [5, 5.41) is 2.30. The number of rotatable bonds is 8. The van der Waals surface area contributed by atoms with Gasteiger partial charge in [0.05, 0.1) is 0 Å². The first kappa shape index (κ1) is 24.7. The minimum Gasteiger partial charge on any atom is -0.339 e. The summed E-state index contributed by atoms with van der Waals surface area (Å²) >= 11 is 0. The molecule has 1 saturated heterocycles. The van der Waals surface area contributed by atoms with Crippen molar-refractivity contribution < 1.29 is 9.59 Å². The average Bonchev–Trinajstić information content (AvgIpc) is 2.84. The van der Waals surface area contributed by atoms with Crippen LogP contribution >= 0.6 is 0 Å². The molecule has 1 fully saturated rings. The highest BCUT2D eigenvalue weighted by Crippen LogP contribution is 2.21. The molecule has 3 aromatic rings. The van der Waals surface area contributed by atoms with Crippen LogP contribution in [0.1, 0.15) is 31.4 Å². The molecule has 0 spiro atoms. The third-order valence-electron chi connectivity index (χ3n) is 6.53. The largest absolute Gasteiger partial charge is 0.339 e. The number of fused-ring (bicyclic) bond motifs is 1. The Labute approximate surface area is 208 Å². The van der Waals surface area contributed by atoms with Crippen LogP contribution in [-0.2, 0) is 22.4 Å². The number of carbonyl (C=O) groups excluding carboxylic acids is 2. The van der Waals surface area contributed by atoms with E-state index in [9.17, 15) is 9.59 Å². The fraction of sp³-hybridized carbons (Fsp3) is 0.333. The Morgan fingerprint density at radius 2 is 1.69 bits per heavy atom. The molecule has 3 aromatic carbocycles. The fourth-order valence-electron chi connectivity index (χ4n) is 4.58. The van der Waals surface area contributed by atoms with Gasteiger partial charge in [-0.1, -0.05) is 78.9 Å². The third-order valence-corrected chi connectivity index (χ3v) is 6.53. The van der Waals surface area contributed by atoms with Crippen molar-refractivity contribution in [3.63, 3.8) is 0 Å². The van der Waals surface area contributed by atoms with Gasteiger partial charge in [-0.05, 0) is 54.7 Å². The highest BCUT2D eigenvalue weighted by Gasteiger charge is 2.36. The van der Waals surface area contributed by atoms with E-state index in [0.29, 0.717) is 32.5 Å². The first-order valence-electron chi connectivity index (χ1n) is 12.4. The maximum Gasteiger partial charge on any atom is 0.246 e. The highest BCUT2D eigenvalue weighted by molar-refractivity contribution is 5.94. The molecule has 1 aliphatic rings. The van der Waals surface area contributed by atoms with Crippen LogP contribution in [-0.4, -0.2) is 52.8 Å². The molecule has 1 aliphatic heterocycles. The molecule has 5 heteroatoms. The van der Waals surface area contributed by atoms with Crippen LogP contribution in [0, 0.1) is 0 Å². The SMILES string of the molecule is CC(C)(N)CC=CC(=O)N1CCN(CCc2ccccc2)C(=O)[C@H]1Cc1ccc2ccccc2c1. The first-order valence-corrected chi connectivity index (χ1v) is 12.4. The summed E-state index contributed by atoms with van der Waals surface area (Å²) in [5.74, 6) is -0.114. The zero-order valence-electron chi connectivity index (χ0n) is 20.7. The van der Waals surface area contributed by atoms with E-state index in [4.69, 9.17) is 5.73 Å². The number of carbonyl (C=O) groups is 2. The summed E-state index contributed by atoms with van der Waals surface area (Å²) in [6.45, 7) is 5.57. The lowest BCUT2D eigenvalue weighted by Gasteiger charge is -2.40. The first-order chi connectivity index (χ1) is 16.8. The Balaban J connectivity index is 1.54. The van der Waals surface area contributed by atoms with E-state index in [1.54, 1.807) is 11.0 Å². The zero-order valence-corrected chi connectivity index (χ0v) is 20.7. The molecule has 2 amide bonds. The van der Waals surface area contributed by atoms with Crippen molar-refractivity contribution in [3.8, 4) is 0 Å². The van der Waals surface area contributed by atoms with E-state index in [1.807, 2.05) is 55.2 Å². The van der Waals surface area contributed by atoms with Crippen molar-refractivity contribution in [3.05, 3.63) is 96.1 Å². The van der Waals surface area contributed by atoms with Crippen LogP contribution in [0.15, 0.2) is 84.9 Å². The van der Waals surface area contributed by atoms with E-state index >= 15 is 0 Å². The lowest BCUT2D eigenvalue weighted by Crippen LogP contribution is -2.59. The highest BCUT2D eigenvalue weighted by atomic mass is 16.2. The lowest BCUT2D eigenvalue weighted by molar-refractivity contribution is -0.149. The van der Waals surface area contributed by atoms with Crippen molar-refractivity contribution in [2.24, 2.45) is 5.73 Å². The van der Waals surface area contributed by atoms with Gasteiger partial charge in [0.2, 0.25) is 11.8 Å². The molecular formula is C30H35N3O2. The van der Waals surface area contributed by atoms with Crippen LogP contribution in [0.2, 0.25) is 0 Å². The smallest absolute Gasteiger partial charge is 0.246 e. The molecule has 2 N–H and O–H groups in total. The van der Waals surface area contributed by atoms with E-state index < -0.39 is 6.04 Å². The van der Waals surface area contributed by atoms with Crippen molar-refractivity contribution in [2.45, 2.75) is 44.7 Å². The van der Waals surface area contributed by atoms with Crippen LogP contribution in [0.25, 0.3) is 10.8 Å². The van der Waals surface area contributed by atoms with Gasteiger partial charge in [-0.3, -0.25) is 9.59 Å². The van der Waals surface area contributed by atoms with Crippen molar-refractivity contribution in [1.82, 2.24) is 9.80 Å². The Morgan fingerprint density at radius 3 is 2.43 bits per heavy atom. The molecule has 0 unspecified atom stereocenters. The third kappa shape index (κ3) is 6.58. The number of piperazine rings is 1. The number of hydrogen-bond acceptors (Lipinski definition) is 3. The van der Waals surface area contributed by atoms with Gasteiger partial charge in [-0.15, -0.1) is 0 Å². The molecule has 1 heterocycles. The van der Waals surface area contributed by atoms with Crippen molar-refractivity contribution >= 4 is 22.6 Å². The fourth-order valence-corrected chi connectivity index (χ4v) is 4.58. The van der Waals surface area contributed by atoms with Crippen LogP contribution in [0.3, 0.4) is 0 Å². The summed E-state index contributed by atoms with van der Waals surface area (Å²) in [6, 6.07) is 24.1. The lowest BCUT2D eigenvalue weighted by atomic mass is 9.98. The molecule has 35 heavy (non-hydrogen) atoms. The summed E-state index contributed by atoms with van der Waals surface area (Å²) in [7, 11) is 0. The second-order valence-corrected chi connectivity index (χ2v) is 10.1. The number of nitrogens with two attached hydrogens (primary N) is 1. The topological polar surface area (TPSA) is 66.6 Å². The van der Waals surface area contributed by atoms with Crippen molar-refractivity contribution in [2.75, 3.05) is 19.6 Å². The Morgan fingerprint density at radius 1 is 0.971 bits per heavy atom. The predicted octanol–water partition coefficient (Wildman–Crippen LogP) is 4.35. The Bertz CT molecular complexity index is 1200. The monoisotopic (exact) mass is 469 g/mol. The van der Waals surface area contributed by atoms with Gasteiger partial charge in [0.15, 0.2) is 0 Å². The maximum atomic E-state index is 13.7. The van der Waals surface area contributed by atoms with Gasteiger partial charge in [-0.25, -0.2) is 0 Å². The van der Waals surface area contributed by atoms with Gasteiger partial charge in [0.25, 0.3) is 0 Å². The normalized spacial score (nSPS) is 16.9. The van der Waals surface area contributed by atoms with Gasteiger partial charge < -0.3 is 15.5 Å². The molecule has 5 nitrogen and oxygen atoms in total. The molecule has 0 bridgehead atoms. The molecular weight excluding hydrogens is 434 g/mol. The van der Waals surface area contributed by atoms with Crippen LogP contribution in [0.4, 0.5) is 0 Å². The molecule has 182 valence electrons. The summed E-state index contributed by atoms with van der Waals surface area (Å²) < 4.78 is 0. The summed E-state index contributed by atoms with van der Waals surface area (Å²) in [4.78, 5) is 30.5. The second kappa shape index (κ2) is 10.9. The summed E-state index contributed by atoms with van der Waals surface area (Å²) in [6.07, 6.45) is 5.29. The van der Waals surface area contributed by atoms with Gasteiger partial charge in [0, 0.05) is 31.6 Å². The van der Waals surface area contributed by atoms with E-state index in [-0.39, 0.29) is 17.4 Å². The maximum absolute atomic E-state index is 13.7. The molecule has 0 aliphatic carbocycles. The number of nitrogens with zero attached hydrogens (tertiary/aromatic N) is 2. The predicted molar refractivity (Wildman–Crippen MR) is 142 cm³/mol. The van der Waals surface area contributed by atoms with E-state index in [0.717, 1.165) is 22.8 Å². The molecule has 0 saturated carbocycles. The number of amides is 2. The Kier molecular flexibility index (Phi) is 7.67.